The highest BCUT2D eigenvalue weighted by Crippen LogP contribution is 2.65. The molecule has 0 aromatic rings. The van der Waals surface area contributed by atoms with Gasteiger partial charge in [-0.05, 0) is 62.3 Å². The minimum atomic E-state index is -0.200. The Labute approximate surface area is 115 Å². The molecule has 3 fully saturated rings. The number of fused-ring (bicyclic) bond motifs is 5. The zero-order chi connectivity index (χ0) is 13.6. The van der Waals surface area contributed by atoms with E-state index in [1.807, 2.05) is 13.8 Å². The molecule has 108 valence electrons. The number of nitrogens with one attached hydrogen (secondary N) is 1. The van der Waals surface area contributed by atoms with Crippen molar-refractivity contribution in [1.82, 2.24) is 5.32 Å². The SMILES string of the molecule is CC(C)(CCCNC1C2C3CCC(C3)C12)C(N)=NO. The van der Waals surface area contributed by atoms with Crippen LogP contribution in [-0.2, 0) is 0 Å². The molecule has 0 radical (unpaired) electrons. The van der Waals surface area contributed by atoms with Gasteiger partial charge in [-0.15, -0.1) is 0 Å². The maximum Gasteiger partial charge on any atom is 0.144 e. The molecule has 4 N–H and O–H groups in total. The van der Waals surface area contributed by atoms with Crippen LogP contribution in [0.25, 0.3) is 0 Å². The maximum atomic E-state index is 8.75. The lowest BCUT2D eigenvalue weighted by Crippen LogP contribution is -2.33. The van der Waals surface area contributed by atoms with Crippen molar-refractivity contribution in [3.8, 4) is 0 Å². The Balaban J connectivity index is 1.37. The van der Waals surface area contributed by atoms with Gasteiger partial charge < -0.3 is 16.3 Å². The van der Waals surface area contributed by atoms with Gasteiger partial charge in [0.05, 0.1) is 0 Å². The predicted molar refractivity (Wildman–Crippen MR) is 76.0 cm³/mol. The second-order valence-corrected chi connectivity index (χ2v) is 7.44. The lowest BCUT2D eigenvalue weighted by atomic mass is 9.86. The van der Waals surface area contributed by atoms with Gasteiger partial charge in [0.25, 0.3) is 0 Å². The van der Waals surface area contributed by atoms with Crippen LogP contribution in [-0.4, -0.2) is 23.6 Å². The van der Waals surface area contributed by atoms with Crippen LogP contribution < -0.4 is 11.1 Å². The van der Waals surface area contributed by atoms with Gasteiger partial charge >= 0.3 is 0 Å². The maximum absolute atomic E-state index is 8.75. The third-order valence-corrected chi connectivity index (χ3v) is 5.90. The molecule has 2 bridgehead atoms. The molecule has 3 rings (SSSR count). The lowest BCUT2D eigenvalue weighted by molar-refractivity contribution is 0.304. The van der Waals surface area contributed by atoms with Crippen LogP contribution in [0.2, 0.25) is 0 Å². The summed E-state index contributed by atoms with van der Waals surface area (Å²) in [6.45, 7) is 5.14. The molecule has 0 aromatic carbocycles. The minimum Gasteiger partial charge on any atom is -0.409 e. The Kier molecular flexibility index (Phi) is 3.24. The Morgan fingerprint density at radius 1 is 1.32 bits per heavy atom. The van der Waals surface area contributed by atoms with E-state index in [2.05, 4.69) is 10.5 Å². The molecule has 4 heteroatoms. The highest BCUT2D eigenvalue weighted by molar-refractivity contribution is 5.85. The molecular formula is C15H27N3O. The molecule has 0 heterocycles. The quantitative estimate of drug-likeness (QED) is 0.227. The summed E-state index contributed by atoms with van der Waals surface area (Å²) < 4.78 is 0. The standard InChI is InChI=1S/C15H27N3O/c1-15(2,14(16)18-19)6-3-7-17-13-11-9-4-5-10(8-9)12(11)13/h9-13,17,19H,3-8H2,1-2H3,(H2,16,18). The monoisotopic (exact) mass is 265 g/mol. The van der Waals surface area contributed by atoms with Gasteiger partial charge in [-0.2, -0.15) is 0 Å². The van der Waals surface area contributed by atoms with Crippen LogP contribution in [0.1, 0.15) is 46.0 Å². The molecule has 4 unspecified atom stereocenters. The molecule has 0 aliphatic heterocycles. The molecule has 3 saturated carbocycles. The van der Waals surface area contributed by atoms with Crippen molar-refractivity contribution >= 4 is 5.84 Å². The highest BCUT2D eigenvalue weighted by atomic mass is 16.4. The number of nitrogens with zero attached hydrogens (tertiary/aromatic N) is 1. The van der Waals surface area contributed by atoms with E-state index in [1.54, 1.807) is 0 Å². The van der Waals surface area contributed by atoms with E-state index >= 15 is 0 Å². The third kappa shape index (κ3) is 2.24. The van der Waals surface area contributed by atoms with E-state index in [-0.39, 0.29) is 5.41 Å². The van der Waals surface area contributed by atoms with Gasteiger partial charge in [-0.1, -0.05) is 19.0 Å². The first-order chi connectivity index (χ1) is 9.04. The lowest BCUT2D eigenvalue weighted by Gasteiger charge is -2.22. The van der Waals surface area contributed by atoms with E-state index < -0.39 is 0 Å². The number of amidine groups is 1. The molecule has 3 aliphatic carbocycles. The predicted octanol–water partition coefficient (Wildman–Crippen LogP) is 2.17. The summed E-state index contributed by atoms with van der Waals surface area (Å²) in [4.78, 5) is 0. The van der Waals surface area contributed by atoms with Crippen LogP contribution in [0.3, 0.4) is 0 Å². The first-order valence-electron chi connectivity index (χ1n) is 7.76. The number of hydrogen-bond donors (Lipinski definition) is 3. The van der Waals surface area contributed by atoms with E-state index in [1.165, 1.54) is 19.3 Å². The van der Waals surface area contributed by atoms with Crippen molar-refractivity contribution in [3.05, 3.63) is 0 Å². The molecule has 0 saturated heterocycles. The fourth-order valence-electron chi connectivity index (χ4n) is 4.66. The largest absolute Gasteiger partial charge is 0.409 e. The van der Waals surface area contributed by atoms with E-state index in [0.717, 1.165) is 49.1 Å². The molecule has 0 aromatic heterocycles. The van der Waals surface area contributed by atoms with Crippen LogP contribution in [0.5, 0.6) is 0 Å². The van der Waals surface area contributed by atoms with Crippen LogP contribution >= 0.6 is 0 Å². The van der Waals surface area contributed by atoms with Gasteiger partial charge in [-0.25, -0.2) is 0 Å². The minimum absolute atomic E-state index is 0.200. The highest BCUT2D eigenvalue weighted by Gasteiger charge is 2.64. The number of hydrogen-bond acceptors (Lipinski definition) is 3. The van der Waals surface area contributed by atoms with Gasteiger partial charge in [0.15, 0.2) is 0 Å². The van der Waals surface area contributed by atoms with Crippen LogP contribution in [0.4, 0.5) is 0 Å². The summed E-state index contributed by atoms with van der Waals surface area (Å²) in [6, 6.07) is 0.818. The molecule has 0 amide bonds. The molecule has 0 spiro atoms. The van der Waals surface area contributed by atoms with Crippen molar-refractivity contribution in [3.63, 3.8) is 0 Å². The summed E-state index contributed by atoms with van der Waals surface area (Å²) in [5, 5.41) is 15.6. The van der Waals surface area contributed by atoms with Gasteiger partial charge in [0.2, 0.25) is 0 Å². The van der Waals surface area contributed by atoms with Crippen molar-refractivity contribution in [1.29, 1.82) is 0 Å². The molecule has 3 aliphatic rings. The summed E-state index contributed by atoms with van der Waals surface area (Å²) in [7, 11) is 0. The number of nitrogens with two attached hydrogens (primary N) is 1. The van der Waals surface area contributed by atoms with E-state index in [0.29, 0.717) is 5.84 Å². The smallest absolute Gasteiger partial charge is 0.144 e. The molecule has 4 nitrogen and oxygen atoms in total. The number of rotatable bonds is 6. The van der Waals surface area contributed by atoms with Gasteiger partial charge in [-0.3, -0.25) is 0 Å². The molecule has 4 atom stereocenters. The number of oxime groups is 1. The molecule has 19 heavy (non-hydrogen) atoms. The Morgan fingerprint density at radius 2 is 1.95 bits per heavy atom. The van der Waals surface area contributed by atoms with Crippen molar-refractivity contribution in [2.24, 2.45) is 40.0 Å². The summed E-state index contributed by atoms with van der Waals surface area (Å²) in [5.41, 5.74) is 5.50. The normalized spacial score (nSPS) is 40.5. The Hall–Kier alpha value is -0.770. The van der Waals surface area contributed by atoms with Crippen molar-refractivity contribution < 1.29 is 5.21 Å². The zero-order valence-electron chi connectivity index (χ0n) is 12.1. The average Bonchev–Trinajstić information content (AvgIpc) is 2.79. The Bertz CT molecular complexity index is 364. The van der Waals surface area contributed by atoms with E-state index in [9.17, 15) is 0 Å². The first kappa shape index (κ1) is 13.2. The third-order valence-electron chi connectivity index (χ3n) is 5.90. The van der Waals surface area contributed by atoms with E-state index in [4.69, 9.17) is 10.9 Å². The van der Waals surface area contributed by atoms with Gasteiger partial charge in [0, 0.05) is 11.5 Å². The summed E-state index contributed by atoms with van der Waals surface area (Å²) in [6.07, 6.45) is 6.55. The van der Waals surface area contributed by atoms with Crippen molar-refractivity contribution in [2.45, 2.75) is 52.0 Å². The zero-order valence-corrected chi connectivity index (χ0v) is 12.1. The second kappa shape index (κ2) is 4.65. The van der Waals surface area contributed by atoms with Crippen LogP contribution in [0.15, 0.2) is 5.16 Å². The van der Waals surface area contributed by atoms with Crippen molar-refractivity contribution in [2.75, 3.05) is 6.54 Å². The summed E-state index contributed by atoms with van der Waals surface area (Å²) >= 11 is 0. The Morgan fingerprint density at radius 3 is 2.53 bits per heavy atom. The second-order valence-electron chi connectivity index (χ2n) is 7.44. The van der Waals surface area contributed by atoms with Gasteiger partial charge in [0.1, 0.15) is 5.84 Å². The topological polar surface area (TPSA) is 70.6 Å². The van der Waals surface area contributed by atoms with Crippen LogP contribution in [0, 0.1) is 29.1 Å². The fourth-order valence-corrected chi connectivity index (χ4v) is 4.66. The average molecular weight is 265 g/mol. The fraction of sp³-hybridized carbons (Fsp3) is 0.933. The molecular weight excluding hydrogens is 238 g/mol. The summed E-state index contributed by atoms with van der Waals surface area (Å²) in [5.74, 6) is 4.45. The first-order valence-corrected chi connectivity index (χ1v) is 7.76.